The van der Waals surface area contributed by atoms with Gasteiger partial charge in [0.2, 0.25) is 11.8 Å². The molecule has 0 aliphatic carbocycles. The molecule has 0 bridgehead atoms. The predicted octanol–water partition coefficient (Wildman–Crippen LogP) is 0.814. The quantitative estimate of drug-likeness (QED) is 0.362. The number of hydrogen-bond donors (Lipinski definition) is 4. The van der Waals surface area contributed by atoms with E-state index in [4.69, 9.17) is 15.2 Å². The molecule has 10 nitrogen and oxygen atoms in total. The topological polar surface area (TPSA) is 149 Å². The highest BCUT2D eigenvalue weighted by Gasteiger charge is 2.44. The van der Waals surface area contributed by atoms with Crippen LogP contribution in [0.25, 0.3) is 21.3 Å². The Labute approximate surface area is 174 Å². The number of ether oxygens (including phenoxy) is 2. The van der Waals surface area contributed by atoms with E-state index in [1.807, 2.05) is 24.3 Å². The number of nitrogens with two attached hydrogens (primary N) is 1. The second-order valence-corrected chi connectivity index (χ2v) is 8.15. The van der Waals surface area contributed by atoms with Gasteiger partial charge in [0.25, 0.3) is 0 Å². The van der Waals surface area contributed by atoms with Gasteiger partial charge in [-0.25, -0.2) is 4.98 Å². The molecule has 1 fully saturated rings. The zero-order chi connectivity index (χ0) is 20.8. The molecule has 4 aromatic rings. The Morgan fingerprint density at radius 2 is 2.03 bits per heavy atom. The van der Waals surface area contributed by atoms with Gasteiger partial charge < -0.3 is 30.5 Å². The summed E-state index contributed by atoms with van der Waals surface area (Å²) in [5, 5.41) is 30.8. The lowest BCUT2D eigenvalue weighted by atomic mass is 10.1. The van der Waals surface area contributed by atoms with E-state index in [1.54, 1.807) is 11.3 Å². The monoisotopic (exact) mass is 429 g/mol. The number of hydrogen-bond acceptors (Lipinski definition) is 10. The molecule has 4 heterocycles. The number of thiophene rings is 1. The molecule has 11 heteroatoms. The number of nitrogens with zero attached hydrogens (tertiary/aromatic N) is 4. The smallest absolute Gasteiger partial charge is 0.247 e. The van der Waals surface area contributed by atoms with Crippen molar-refractivity contribution in [3.63, 3.8) is 0 Å². The van der Waals surface area contributed by atoms with Crippen LogP contribution in [0.3, 0.4) is 0 Å². The summed E-state index contributed by atoms with van der Waals surface area (Å²) < 4.78 is 14.1. The van der Waals surface area contributed by atoms with E-state index in [1.165, 1.54) is 10.9 Å². The first-order chi connectivity index (χ1) is 14.5. The first kappa shape index (κ1) is 19.2. The Balaban J connectivity index is 1.45. The van der Waals surface area contributed by atoms with Gasteiger partial charge in [-0.1, -0.05) is 18.2 Å². The van der Waals surface area contributed by atoms with Crippen LogP contribution in [0.4, 0.5) is 5.95 Å². The molecule has 0 amide bonds. The van der Waals surface area contributed by atoms with Crippen molar-refractivity contribution in [2.75, 3.05) is 12.3 Å². The van der Waals surface area contributed by atoms with Crippen molar-refractivity contribution in [1.82, 2.24) is 19.5 Å². The first-order valence-corrected chi connectivity index (χ1v) is 10.1. The van der Waals surface area contributed by atoms with Gasteiger partial charge in [0.05, 0.1) is 12.9 Å². The zero-order valence-electron chi connectivity index (χ0n) is 15.6. The minimum Gasteiger partial charge on any atom is -0.470 e. The summed E-state index contributed by atoms with van der Waals surface area (Å²) >= 11 is 1.63. The van der Waals surface area contributed by atoms with Crippen LogP contribution in [0.5, 0.6) is 5.88 Å². The molecule has 3 aromatic heterocycles. The van der Waals surface area contributed by atoms with Crippen LogP contribution in [0.1, 0.15) is 11.1 Å². The van der Waals surface area contributed by atoms with E-state index >= 15 is 0 Å². The fourth-order valence-electron chi connectivity index (χ4n) is 3.55. The van der Waals surface area contributed by atoms with Crippen LogP contribution in [0.2, 0.25) is 0 Å². The molecule has 5 N–H and O–H groups in total. The van der Waals surface area contributed by atoms with Crippen molar-refractivity contribution in [3.05, 3.63) is 41.5 Å². The van der Waals surface area contributed by atoms with Gasteiger partial charge in [0, 0.05) is 9.58 Å². The number of anilines is 1. The van der Waals surface area contributed by atoms with Gasteiger partial charge in [0.15, 0.2) is 17.4 Å². The number of imidazole rings is 1. The van der Waals surface area contributed by atoms with Crippen molar-refractivity contribution in [1.29, 1.82) is 0 Å². The van der Waals surface area contributed by atoms with E-state index in [0.717, 1.165) is 15.0 Å². The van der Waals surface area contributed by atoms with Gasteiger partial charge in [0.1, 0.15) is 24.9 Å². The number of aliphatic hydroxyl groups excluding tert-OH is 3. The minimum absolute atomic E-state index is 0.0256. The molecule has 1 aliphatic rings. The number of nitrogen functional groups attached to an aromatic ring is 1. The highest BCUT2D eigenvalue weighted by atomic mass is 32.1. The Bertz CT molecular complexity index is 1180. The summed E-state index contributed by atoms with van der Waals surface area (Å²) in [6, 6.07) is 10.1. The maximum absolute atomic E-state index is 10.3. The molecule has 4 unspecified atom stereocenters. The van der Waals surface area contributed by atoms with Gasteiger partial charge in [-0.3, -0.25) is 4.57 Å². The normalized spacial score (nSPS) is 24.1. The minimum atomic E-state index is -1.27. The summed E-state index contributed by atoms with van der Waals surface area (Å²) in [7, 11) is 0. The third-order valence-electron chi connectivity index (χ3n) is 5.03. The van der Waals surface area contributed by atoms with E-state index in [9.17, 15) is 15.3 Å². The predicted molar refractivity (Wildman–Crippen MR) is 109 cm³/mol. The number of benzene rings is 1. The van der Waals surface area contributed by atoms with Gasteiger partial charge in [-0.05, 0) is 17.5 Å². The van der Waals surface area contributed by atoms with Crippen LogP contribution >= 0.6 is 11.3 Å². The molecule has 1 aromatic carbocycles. The molecular formula is C19H19N5O5S. The average molecular weight is 429 g/mol. The fourth-order valence-corrected chi connectivity index (χ4v) is 4.53. The Morgan fingerprint density at radius 3 is 2.80 bits per heavy atom. The van der Waals surface area contributed by atoms with Crippen LogP contribution in [-0.2, 0) is 11.3 Å². The van der Waals surface area contributed by atoms with Crippen LogP contribution in [0, 0.1) is 0 Å². The van der Waals surface area contributed by atoms with Gasteiger partial charge >= 0.3 is 0 Å². The van der Waals surface area contributed by atoms with Gasteiger partial charge in [-0.15, -0.1) is 11.3 Å². The standard InChI is InChI=1S/C19H19N5O5S/c20-19-22-16-13(21-8-24(16)18-15(27)14(26)11(6-25)29-18)17(23-19)28-7-10-5-9-3-1-2-4-12(9)30-10/h1-5,8,11,14-15,18,25-27H,6-7H2,(H2,20,22,23). The maximum Gasteiger partial charge on any atom is 0.247 e. The number of rotatable bonds is 5. The Morgan fingerprint density at radius 1 is 1.20 bits per heavy atom. The molecule has 156 valence electrons. The molecule has 1 saturated heterocycles. The highest BCUT2D eigenvalue weighted by molar-refractivity contribution is 7.19. The number of aromatic nitrogens is 4. The molecule has 0 saturated carbocycles. The summed E-state index contributed by atoms with van der Waals surface area (Å²) in [5.74, 6) is 0.183. The summed E-state index contributed by atoms with van der Waals surface area (Å²) in [5.41, 5.74) is 6.51. The SMILES string of the molecule is Nc1nc(OCc2cc3ccccc3s2)c2ncn(C3OC(CO)C(O)C3O)c2n1. The molecule has 0 radical (unpaired) electrons. The summed E-state index contributed by atoms with van der Waals surface area (Å²) in [6.07, 6.45) is -2.98. The number of aliphatic hydroxyl groups is 3. The van der Waals surface area contributed by atoms with Crippen LogP contribution in [-0.4, -0.2) is 59.8 Å². The highest BCUT2D eigenvalue weighted by Crippen LogP contribution is 2.33. The van der Waals surface area contributed by atoms with Gasteiger partial charge in [-0.2, -0.15) is 9.97 Å². The van der Waals surface area contributed by atoms with Crippen molar-refractivity contribution < 1.29 is 24.8 Å². The molecule has 4 atom stereocenters. The lowest BCUT2D eigenvalue weighted by Gasteiger charge is -2.16. The third-order valence-corrected chi connectivity index (χ3v) is 6.12. The Hall–Kier alpha value is -2.83. The second-order valence-electron chi connectivity index (χ2n) is 6.98. The van der Waals surface area contributed by atoms with Crippen molar-refractivity contribution in [3.8, 4) is 5.88 Å². The van der Waals surface area contributed by atoms with Crippen LogP contribution in [0.15, 0.2) is 36.7 Å². The lowest BCUT2D eigenvalue weighted by Crippen LogP contribution is -2.33. The van der Waals surface area contributed by atoms with E-state index in [-0.39, 0.29) is 18.4 Å². The van der Waals surface area contributed by atoms with Crippen molar-refractivity contribution >= 4 is 38.5 Å². The molecular weight excluding hydrogens is 410 g/mol. The maximum atomic E-state index is 10.3. The molecule has 5 rings (SSSR count). The molecule has 1 aliphatic heterocycles. The zero-order valence-corrected chi connectivity index (χ0v) is 16.4. The number of fused-ring (bicyclic) bond motifs is 2. The van der Waals surface area contributed by atoms with Crippen molar-refractivity contribution in [2.24, 2.45) is 0 Å². The average Bonchev–Trinajstić information content (AvgIpc) is 3.42. The van der Waals surface area contributed by atoms with E-state index < -0.39 is 31.1 Å². The first-order valence-electron chi connectivity index (χ1n) is 9.28. The molecule has 30 heavy (non-hydrogen) atoms. The fraction of sp³-hybridized carbons (Fsp3) is 0.316. The van der Waals surface area contributed by atoms with E-state index in [0.29, 0.717) is 11.2 Å². The van der Waals surface area contributed by atoms with E-state index in [2.05, 4.69) is 21.0 Å². The third kappa shape index (κ3) is 3.16. The largest absolute Gasteiger partial charge is 0.470 e. The summed E-state index contributed by atoms with van der Waals surface area (Å²) in [6.45, 7) is -0.145. The second kappa shape index (κ2) is 7.45. The molecule has 0 spiro atoms. The summed E-state index contributed by atoms with van der Waals surface area (Å²) in [4.78, 5) is 13.7. The van der Waals surface area contributed by atoms with Crippen LogP contribution < -0.4 is 10.5 Å². The lowest BCUT2D eigenvalue weighted by molar-refractivity contribution is -0.0511. The Kier molecular flexibility index (Phi) is 4.76. The van der Waals surface area contributed by atoms with Crippen molar-refractivity contribution in [2.45, 2.75) is 31.1 Å².